The van der Waals surface area contributed by atoms with Gasteiger partial charge >= 0.3 is 0 Å². The zero-order chi connectivity index (χ0) is 11.9. The highest BCUT2D eigenvalue weighted by Gasteiger charge is 2.18. The van der Waals surface area contributed by atoms with E-state index < -0.39 is 0 Å². The van der Waals surface area contributed by atoms with Crippen molar-refractivity contribution in [3.05, 3.63) is 0 Å². The van der Waals surface area contributed by atoms with Gasteiger partial charge in [0.05, 0.1) is 13.2 Å². The van der Waals surface area contributed by atoms with Crippen molar-refractivity contribution in [3.63, 3.8) is 0 Å². The minimum atomic E-state index is -0.374. The number of carbonyl (C=O) groups is 1. The van der Waals surface area contributed by atoms with Crippen LogP contribution in [0.1, 0.15) is 27.7 Å². The fourth-order valence-corrected chi connectivity index (χ4v) is 0.840. The second kappa shape index (κ2) is 6.76. The van der Waals surface area contributed by atoms with E-state index >= 15 is 0 Å². The Balaban J connectivity index is 3.70. The van der Waals surface area contributed by atoms with Crippen LogP contribution in [0.4, 0.5) is 0 Å². The lowest BCUT2D eigenvalue weighted by molar-refractivity contribution is -0.128. The summed E-state index contributed by atoms with van der Waals surface area (Å²) in [4.78, 5) is 16.6. The Bertz CT molecular complexity index is 190. The zero-order valence-electron chi connectivity index (χ0n) is 10.2. The number of ether oxygens (including phenoxy) is 1. The van der Waals surface area contributed by atoms with E-state index in [1.54, 1.807) is 14.0 Å². The predicted molar refractivity (Wildman–Crippen MR) is 58.3 cm³/mol. The molecule has 5 heteroatoms. The van der Waals surface area contributed by atoms with Crippen LogP contribution >= 0.6 is 0 Å². The molecule has 1 atom stereocenters. The van der Waals surface area contributed by atoms with E-state index in [4.69, 9.17) is 9.57 Å². The summed E-state index contributed by atoms with van der Waals surface area (Å²) < 4.78 is 4.80. The largest absolute Gasteiger partial charge is 0.382 e. The van der Waals surface area contributed by atoms with Crippen LogP contribution < -0.4 is 10.8 Å². The van der Waals surface area contributed by atoms with Gasteiger partial charge in [-0.2, -0.15) is 5.48 Å². The number of rotatable bonds is 6. The van der Waals surface area contributed by atoms with Crippen LogP contribution in [-0.2, 0) is 14.4 Å². The molecule has 0 rings (SSSR count). The summed E-state index contributed by atoms with van der Waals surface area (Å²) in [6.45, 7) is 8.47. The summed E-state index contributed by atoms with van der Waals surface area (Å²) in [5, 5.41) is 2.85. The minimum absolute atomic E-state index is 0.0834. The third-order valence-electron chi connectivity index (χ3n) is 1.54. The van der Waals surface area contributed by atoms with Gasteiger partial charge in [0, 0.05) is 12.6 Å². The molecule has 0 aliphatic rings. The van der Waals surface area contributed by atoms with E-state index in [1.165, 1.54) is 0 Å². The first-order valence-corrected chi connectivity index (χ1v) is 5.05. The Morgan fingerprint density at radius 2 is 1.93 bits per heavy atom. The predicted octanol–water partition coefficient (Wildman–Crippen LogP) is 0.457. The first-order valence-electron chi connectivity index (χ1n) is 5.05. The average molecular weight is 218 g/mol. The zero-order valence-corrected chi connectivity index (χ0v) is 10.2. The summed E-state index contributed by atoms with van der Waals surface area (Å²) >= 11 is 0. The lowest BCUT2D eigenvalue weighted by Gasteiger charge is -2.23. The van der Waals surface area contributed by atoms with E-state index in [0.29, 0.717) is 13.2 Å². The van der Waals surface area contributed by atoms with E-state index in [0.717, 1.165) is 0 Å². The fraction of sp³-hybridized carbons (Fsp3) is 0.900. The molecule has 5 nitrogen and oxygen atoms in total. The molecule has 0 aliphatic heterocycles. The molecule has 1 unspecified atom stereocenters. The smallest absolute Gasteiger partial charge is 0.239 e. The second-order valence-electron chi connectivity index (χ2n) is 4.42. The van der Waals surface area contributed by atoms with Gasteiger partial charge in [-0.1, -0.05) is 0 Å². The molecule has 0 aromatic heterocycles. The van der Waals surface area contributed by atoms with E-state index in [-0.39, 0.29) is 17.5 Å². The van der Waals surface area contributed by atoms with E-state index in [1.807, 2.05) is 20.8 Å². The van der Waals surface area contributed by atoms with Gasteiger partial charge in [0.25, 0.3) is 0 Å². The van der Waals surface area contributed by atoms with Crippen LogP contribution in [0.2, 0.25) is 0 Å². The molecule has 0 aromatic rings. The lowest BCUT2D eigenvalue weighted by atomic mass is 10.1. The van der Waals surface area contributed by atoms with Gasteiger partial charge in [-0.15, -0.1) is 0 Å². The van der Waals surface area contributed by atoms with Crippen molar-refractivity contribution in [1.29, 1.82) is 0 Å². The van der Waals surface area contributed by atoms with Crippen LogP contribution in [0.15, 0.2) is 0 Å². The third kappa shape index (κ3) is 8.35. The van der Waals surface area contributed by atoms with Crippen LogP contribution in [-0.4, -0.2) is 37.8 Å². The van der Waals surface area contributed by atoms with Crippen molar-refractivity contribution in [2.45, 2.75) is 39.3 Å². The molecule has 0 aliphatic carbocycles. The van der Waals surface area contributed by atoms with Crippen LogP contribution in [0.3, 0.4) is 0 Å². The fourth-order valence-electron chi connectivity index (χ4n) is 0.840. The van der Waals surface area contributed by atoms with Gasteiger partial charge < -0.3 is 10.1 Å². The summed E-state index contributed by atoms with van der Waals surface area (Å²) in [5.41, 5.74) is 2.43. The van der Waals surface area contributed by atoms with Crippen molar-refractivity contribution < 1.29 is 14.4 Å². The molecule has 15 heavy (non-hydrogen) atoms. The Labute approximate surface area is 91.5 Å². The van der Waals surface area contributed by atoms with Crippen molar-refractivity contribution in [1.82, 2.24) is 10.8 Å². The van der Waals surface area contributed by atoms with Gasteiger partial charge in [0.2, 0.25) is 5.91 Å². The molecule has 2 N–H and O–H groups in total. The maximum atomic E-state index is 11.5. The van der Waals surface area contributed by atoms with Crippen molar-refractivity contribution in [3.8, 4) is 0 Å². The number of nitrogens with one attached hydrogen (secondary N) is 2. The number of methoxy groups -OCH3 is 1. The molecule has 0 radical (unpaired) electrons. The monoisotopic (exact) mass is 218 g/mol. The molecule has 0 heterocycles. The SMILES string of the molecule is COCCONC(C)C(=O)NC(C)(C)C. The molecule has 1 amide bonds. The molecule has 0 saturated heterocycles. The molecular weight excluding hydrogens is 196 g/mol. The molecule has 90 valence electrons. The van der Waals surface area contributed by atoms with Gasteiger partial charge in [-0.3, -0.25) is 9.63 Å². The number of hydrogen-bond acceptors (Lipinski definition) is 4. The van der Waals surface area contributed by atoms with Crippen LogP contribution in [0.25, 0.3) is 0 Å². The van der Waals surface area contributed by atoms with E-state index in [9.17, 15) is 4.79 Å². The maximum Gasteiger partial charge on any atom is 0.239 e. The van der Waals surface area contributed by atoms with Gasteiger partial charge in [0.1, 0.15) is 6.04 Å². The van der Waals surface area contributed by atoms with Crippen molar-refractivity contribution >= 4 is 5.91 Å². The topological polar surface area (TPSA) is 59.6 Å². The summed E-state index contributed by atoms with van der Waals surface area (Å²) in [5.74, 6) is -0.0834. The summed E-state index contributed by atoms with van der Waals surface area (Å²) in [6.07, 6.45) is 0. The summed E-state index contributed by atoms with van der Waals surface area (Å²) in [7, 11) is 1.60. The highest BCUT2D eigenvalue weighted by molar-refractivity contribution is 5.81. The first-order chi connectivity index (χ1) is 6.87. The number of hydroxylamine groups is 1. The number of carbonyl (C=O) groups excluding carboxylic acids is 1. The highest BCUT2D eigenvalue weighted by atomic mass is 16.7. The Morgan fingerprint density at radius 3 is 2.40 bits per heavy atom. The Morgan fingerprint density at radius 1 is 1.33 bits per heavy atom. The Kier molecular flexibility index (Phi) is 6.47. The minimum Gasteiger partial charge on any atom is -0.382 e. The quantitative estimate of drug-likeness (QED) is 0.502. The molecular formula is C10H22N2O3. The van der Waals surface area contributed by atoms with Crippen molar-refractivity contribution in [2.24, 2.45) is 0 Å². The molecule has 0 aromatic carbocycles. The number of amides is 1. The van der Waals surface area contributed by atoms with Crippen LogP contribution in [0.5, 0.6) is 0 Å². The second-order valence-corrected chi connectivity index (χ2v) is 4.42. The molecule has 0 fully saturated rings. The van der Waals surface area contributed by atoms with Gasteiger partial charge in [-0.05, 0) is 27.7 Å². The van der Waals surface area contributed by atoms with Gasteiger partial charge in [-0.25, -0.2) is 0 Å². The first kappa shape index (κ1) is 14.3. The maximum absolute atomic E-state index is 11.5. The molecule has 0 bridgehead atoms. The standard InChI is InChI=1S/C10H22N2O3/c1-8(12-15-7-6-14-5)9(13)11-10(2,3)4/h8,12H,6-7H2,1-5H3,(H,11,13). The average Bonchev–Trinajstić information content (AvgIpc) is 2.09. The van der Waals surface area contributed by atoms with Crippen LogP contribution in [0, 0.1) is 0 Å². The molecule has 0 saturated carbocycles. The third-order valence-corrected chi connectivity index (χ3v) is 1.54. The normalized spacial score (nSPS) is 13.7. The Hall–Kier alpha value is -0.650. The van der Waals surface area contributed by atoms with Gasteiger partial charge in [0.15, 0.2) is 0 Å². The summed E-state index contributed by atoms with van der Waals surface area (Å²) in [6, 6.07) is -0.374. The lowest BCUT2D eigenvalue weighted by Crippen LogP contribution is -2.49. The number of hydrogen-bond donors (Lipinski definition) is 2. The van der Waals surface area contributed by atoms with Crippen molar-refractivity contribution in [2.75, 3.05) is 20.3 Å². The highest BCUT2D eigenvalue weighted by Crippen LogP contribution is 1.99. The molecule has 0 spiro atoms. The van der Waals surface area contributed by atoms with E-state index in [2.05, 4.69) is 10.8 Å².